The number of halogens is 1. The van der Waals surface area contributed by atoms with E-state index in [4.69, 9.17) is 4.74 Å². The van der Waals surface area contributed by atoms with Gasteiger partial charge in [0.15, 0.2) is 0 Å². The Balaban J connectivity index is 1.41. The Bertz CT molecular complexity index is 768. The first kappa shape index (κ1) is 16.9. The van der Waals surface area contributed by atoms with Crippen LogP contribution in [0.2, 0.25) is 0 Å². The first-order valence-electron chi connectivity index (χ1n) is 8.86. The number of hydrogen-bond acceptors (Lipinski definition) is 4. The van der Waals surface area contributed by atoms with Gasteiger partial charge in [0.25, 0.3) is 5.91 Å². The molecule has 2 aliphatic heterocycles. The lowest BCUT2D eigenvalue weighted by Crippen LogP contribution is -2.51. The van der Waals surface area contributed by atoms with Crippen LogP contribution in [-0.2, 0) is 16.1 Å². The van der Waals surface area contributed by atoms with E-state index < -0.39 is 0 Å². The number of rotatable bonds is 3. The average Bonchev–Trinajstić information content (AvgIpc) is 3.16. The topological polar surface area (TPSA) is 45.7 Å². The minimum atomic E-state index is -0.204. The lowest BCUT2D eigenvalue weighted by molar-refractivity contribution is -0.142. The van der Waals surface area contributed by atoms with E-state index in [-0.39, 0.29) is 12.0 Å². The second kappa shape index (κ2) is 7.40. The Kier molecular flexibility index (Phi) is 5.01. The first-order valence-corrected chi connectivity index (χ1v) is 9.66. The number of hydrogen-bond donors (Lipinski definition) is 0. The highest BCUT2D eigenvalue weighted by Crippen LogP contribution is 2.24. The van der Waals surface area contributed by atoms with Crippen molar-refractivity contribution < 1.29 is 9.53 Å². The third-order valence-corrected chi connectivity index (χ3v) is 5.49. The molecular formula is C19H22BrN3O2. The molecule has 4 rings (SSSR count). The standard InChI is InChI=1S/C19H22BrN3O2/c20-16-11-14-3-1-5-21-18(14)15(12-16)13-22-6-8-23(9-7-22)19(24)17-4-2-10-25-17/h1,3,5,11-12,17H,2,4,6-10,13H2. The minimum absolute atomic E-state index is 0.173. The van der Waals surface area contributed by atoms with Crippen molar-refractivity contribution in [1.82, 2.24) is 14.8 Å². The van der Waals surface area contributed by atoms with E-state index in [9.17, 15) is 4.79 Å². The van der Waals surface area contributed by atoms with Crippen molar-refractivity contribution in [1.29, 1.82) is 0 Å². The molecule has 0 bridgehead atoms. The van der Waals surface area contributed by atoms with Crippen LogP contribution in [0.3, 0.4) is 0 Å². The van der Waals surface area contributed by atoms with Gasteiger partial charge in [-0.05, 0) is 36.6 Å². The number of benzene rings is 1. The van der Waals surface area contributed by atoms with Crippen LogP contribution in [0.15, 0.2) is 34.9 Å². The maximum Gasteiger partial charge on any atom is 0.251 e. The van der Waals surface area contributed by atoms with Gasteiger partial charge in [0.1, 0.15) is 6.10 Å². The van der Waals surface area contributed by atoms with Crippen LogP contribution in [0.1, 0.15) is 18.4 Å². The van der Waals surface area contributed by atoms with Gasteiger partial charge in [-0.25, -0.2) is 0 Å². The highest BCUT2D eigenvalue weighted by molar-refractivity contribution is 9.10. The summed E-state index contributed by atoms with van der Waals surface area (Å²) in [7, 11) is 0. The zero-order valence-electron chi connectivity index (χ0n) is 14.2. The molecule has 0 saturated carbocycles. The fourth-order valence-corrected chi connectivity index (χ4v) is 4.21. The van der Waals surface area contributed by atoms with Gasteiger partial charge in [0.05, 0.1) is 5.52 Å². The average molecular weight is 404 g/mol. The molecule has 2 aromatic rings. The molecule has 6 heteroatoms. The maximum atomic E-state index is 12.5. The summed E-state index contributed by atoms with van der Waals surface area (Å²) in [6.07, 6.45) is 3.51. The van der Waals surface area contributed by atoms with E-state index in [1.165, 1.54) is 5.56 Å². The van der Waals surface area contributed by atoms with Crippen LogP contribution < -0.4 is 0 Å². The Morgan fingerprint density at radius 1 is 1.28 bits per heavy atom. The number of aromatic nitrogens is 1. The molecule has 2 fully saturated rings. The molecule has 132 valence electrons. The lowest BCUT2D eigenvalue weighted by atomic mass is 10.1. The summed E-state index contributed by atoms with van der Waals surface area (Å²) in [5.74, 6) is 0.173. The van der Waals surface area contributed by atoms with Crippen LogP contribution in [-0.4, -0.2) is 59.6 Å². The van der Waals surface area contributed by atoms with Crippen LogP contribution in [0.5, 0.6) is 0 Å². The van der Waals surface area contributed by atoms with Gasteiger partial charge in [-0.2, -0.15) is 0 Å². The monoisotopic (exact) mass is 403 g/mol. The largest absolute Gasteiger partial charge is 0.368 e. The van der Waals surface area contributed by atoms with Crippen molar-refractivity contribution in [3.63, 3.8) is 0 Å². The van der Waals surface area contributed by atoms with Crippen LogP contribution in [0.25, 0.3) is 10.9 Å². The van der Waals surface area contributed by atoms with Crippen molar-refractivity contribution in [2.45, 2.75) is 25.5 Å². The summed E-state index contributed by atoms with van der Waals surface area (Å²) in [4.78, 5) is 21.4. The molecule has 1 atom stereocenters. The fourth-order valence-electron chi connectivity index (χ4n) is 3.69. The molecular weight excluding hydrogens is 382 g/mol. The number of nitrogens with zero attached hydrogens (tertiary/aromatic N) is 3. The normalized spacial score (nSPS) is 21.8. The molecule has 2 aliphatic rings. The Morgan fingerprint density at radius 3 is 2.88 bits per heavy atom. The van der Waals surface area contributed by atoms with Gasteiger partial charge in [0, 0.05) is 55.4 Å². The summed E-state index contributed by atoms with van der Waals surface area (Å²) >= 11 is 3.60. The van der Waals surface area contributed by atoms with Gasteiger partial charge in [0.2, 0.25) is 0 Å². The molecule has 1 aromatic carbocycles. The quantitative estimate of drug-likeness (QED) is 0.790. The number of ether oxygens (including phenoxy) is 1. The SMILES string of the molecule is O=C(C1CCCO1)N1CCN(Cc2cc(Br)cc3cccnc23)CC1. The van der Waals surface area contributed by atoms with Crippen LogP contribution >= 0.6 is 15.9 Å². The van der Waals surface area contributed by atoms with E-state index in [1.54, 1.807) is 0 Å². The van der Waals surface area contributed by atoms with Crippen molar-refractivity contribution in [2.24, 2.45) is 0 Å². The Labute approximate surface area is 156 Å². The van der Waals surface area contributed by atoms with E-state index in [1.807, 2.05) is 17.2 Å². The maximum absolute atomic E-state index is 12.5. The summed E-state index contributed by atoms with van der Waals surface area (Å²) in [6.45, 7) is 4.91. The summed E-state index contributed by atoms with van der Waals surface area (Å²) in [5, 5.41) is 1.15. The Morgan fingerprint density at radius 2 is 2.12 bits per heavy atom. The van der Waals surface area contributed by atoms with Crippen LogP contribution in [0.4, 0.5) is 0 Å². The molecule has 0 spiro atoms. The highest BCUT2D eigenvalue weighted by Gasteiger charge is 2.30. The zero-order chi connectivity index (χ0) is 17.2. The first-order chi connectivity index (χ1) is 12.2. The van der Waals surface area contributed by atoms with E-state index in [0.29, 0.717) is 0 Å². The summed E-state index contributed by atoms with van der Waals surface area (Å²) in [6, 6.07) is 8.31. The van der Waals surface area contributed by atoms with Gasteiger partial charge in [-0.1, -0.05) is 22.0 Å². The number of carbonyl (C=O) groups excluding carboxylic acids is 1. The van der Waals surface area contributed by atoms with Gasteiger partial charge in [-0.15, -0.1) is 0 Å². The second-order valence-corrected chi connectivity index (χ2v) is 7.66. The Hall–Kier alpha value is -1.50. The highest BCUT2D eigenvalue weighted by atomic mass is 79.9. The predicted octanol–water partition coefficient (Wildman–Crippen LogP) is 2.82. The smallest absolute Gasteiger partial charge is 0.251 e. The third-order valence-electron chi connectivity index (χ3n) is 5.03. The van der Waals surface area contributed by atoms with E-state index in [2.05, 4.69) is 44.0 Å². The predicted molar refractivity (Wildman–Crippen MR) is 100 cm³/mol. The minimum Gasteiger partial charge on any atom is -0.368 e. The molecule has 2 saturated heterocycles. The van der Waals surface area contributed by atoms with Crippen molar-refractivity contribution in [3.8, 4) is 0 Å². The number of fused-ring (bicyclic) bond motifs is 1. The number of amides is 1. The molecule has 1 aromatic heterocycles. The number of pyridine rings is 1. The van der Waals surface area contributed by atoms with Crippen molar-refractivity contribution >= 4 is 32.7 Å². The van der Waals surface area contributed by atoms with Crippen LogP contribution in [0, 0.1) is 0 Å². The molecule has 0 radical (unpaired) electrons. The zero-order valence-corrected chi connectivity index (χ0v) is 15.7. The molecule has 1 unspecified atom stereocenters. The van der Waals surface area contributed by atoms with Gasteiger partial charge in [-0.3, -0.25) is 14.7 Å². The summed E-state index contributed by atoms with van der Waals surface area (Å²) < 4.78 is 6.61. The molecule has 1 amide bonds. The summed E-state index contributed by atoms with van der Waals surface area (Å²) in [5.41, 5.74) is 2.28. The third kappa shape index (κ3) is 3.71. The van der Waals surface area contributed by atoms with E-state index in [0.717, 1.165) is 67.5 Å². The second-order valence-electron chi connectivity index (χ2n) is 6.74. The number of carbonyl (C=O) groups is 1. The van der Waals surface area contributed by atoms with E-state index >= 15 is 0 Å². The molecule has 25 heavy (non-hydrogen) atoms. The molecule has 3 heterocycles. The molecule has 0 aliphatic carbocycles. The van der Waals surface area contributed by atoms with Crippen molar-refractivity contribution in [2.75, 3.05) is 32.8 Å². The lowest BCUT2D eigenvalue weighted by Gasteiger charge is -2.35. The molecule has 0 N–H and O–H groups in total. The van der Waals surface area contributed by atoms with Gasteiger partial charge < -0.3 is 9.64 Å². The van der Waals surface area contributed by atoms with Gasteiger partial charge >= 0.3 is 0 Å². The molecule has 5 nitrogen and oxygen atoms in total. The fraction of sp³-hybridized carbons (Fsp3) is 0.474. The van der Waals surface area contributed by atoms with Crippen molar-refractivity contribution in [3.05, 3.63) is 40.5 Å². The number of piperazine rings is 1.